The number of para-hydroxylation sites is 1. The molecule has 0 unspecified atom stereocenters. The molecule has 0 aliphatic carbocycles. The molecule has 1 aromatic heterocycles. The van der Waals surface area contributed by atoms with Gasteiger partial charge in [-0.2, -0.15) is 0 Å². The van der Waals surface area contributed by atoms with E-state index >= 15 is 0 Å². The van der Waals surface area contributed by atoms with E-state index in [0.29, 0.717) is 23.2 Å². The van der Waals surface area contributed by atoms with Crippen LogP contribution in [0, 0.1) is 13.8 Å². The summed E-state index contributed by atoms with van der Waals surface area (Å²) in [5, 5.41) is 12.0. The molecule has 0 saturated heterocycles. The van der Waals surface area contributed by atoms with Crippen LogP contribution in [-0.4, -0.2) is 33.5 Å². The van der Waals surface area contributed by atoms with Crippen LogP contribution in [0.4, 0.5) is 5.69 Å². The Kier molecular flexibility index (Phi) is 7.72. The van der Waals surface area contributed by atoms with E-state index in [9.17, 15) is 4.79 Å². The molecule has 0 saturated carbocycles. The first kappa shape index (κ1) is 22.4. The van der Waals surface area contributed by atoms with Crippen LogP contribution in [0.3, 0.4) is 0 Å². The van der Waals surface area contributed by atoms with Gasteiger partial charge in [0.15, 0.2) is 11.0 Å². The molecule has 3 rings (SSSR count). The number of nitrogens with one attached hydrogen (secondary N) is 1. The third-order valence-corrected chi connectivity index (χ3v) is 5.53. The van der Waals surface area contributed by atoms with E-state index < -0.39 is 0 Å². The number of amides is 1. The highest BCUT2D eigenvalue weighted by molar-refractivity contribution is 7.99. The van der Waals surface area contributed by atoms with Crippen LogP contribution in [0.2, 0.25) is 0 Å². The number of hydrogen-bond donors (Lipinski definition) is 1. The largest absolute Gasteiger partial charge is 0.497 e. The minimum Gasteiger partial charge on any atom is -0.497 e. The van der Waals surface area contributed by atoms with E-state index in [1.54, 1.807) is 37.5 Å². The highest BCUT2D eigenvalue weighted by Crippen LogP contribution is 2.24. The molecular weight excluding hydrogens is 412 g/mol. The Labute approximate surface area is 186 Å². The van der Waals surface area contributed by atoms with Crippen LogP contribution in [0.1, 0.15) is 17.0 Å². The normalized spacial score (nSPS) is 10.5. The Hall–Kier alpha value is -3.26. The molecule has 2 aromatic carbocycles. The van der Waals surface area contributed by atoms with Crippen LogP contribution < -0.4 is 14.8 Å². The number of hydrogen-bond acceptors (Lipinski definition) is 6. The van der Waals surface area contributed by atoms with E-state index in [-0.39, 0.29) is 18.3 Å². The van der Waals surface area contributed by atoms with Gasteiger partial charge in [-0.1, -0.05) is 36.0 Å². The fourth-order valence-electron chi connectivity index (χ4n) is 3.01. The number of thioether (sulfide) groups is 1. The second-order valence-corrected chi connectivity index (χ2v) is 7.82. The number of carbonyl (C=O) groups excluding carboxylic acids is 1. The predicted molar refractivity (Wildman–Crippen MR) is 123 cm³/mol. The van der Waals surface area contributed by atoms with E-state index in [2.05, 4.69) is 22.1 Å². The number of benzene rings is 2. The number of nitrogens with zero attached hydrogens (tertiary/aromatic N) is 3. The van der Waals surface area contributed by atoms with Crippen LogP contribution in [0.15, 0.2) is 60.3 Å². The standard InChI is InChI=1S/C23H26N4O3S/c1-5-13-27-20(14-30-22-16(2)7-6-8-17(22)3)25-26-23(27)31-15-21(28)24-18-9-11-19(29-4)12-10-18/h5-12H,1,13-15H2,2-4H3,(H,24,28). The van der Waals surface area contributed by atoms with Crippen LogP contribution in [-0.2, 0) is 17.9 Å². The molecule has 7 nitrogen and oxygen atoms in total. The Bertz CT molecular complexity index is 1030. The van der Waals surface area contributed by atoms with Gasteiger partial charge in [0.2, 0.25) is 5.91 Å². The SMILES string of the molecule is C=CCn1c(COc2c(C)cccc2C)nnc1SCC(=O)Nc1ccc(OC)cc1. The number of methoxy groups -OCH3 is 1. The van der Waals surface area contributed by atoms with Crippen molar-refractivity contribution in [2.45, 2.75) is 32.2 Å². The summed E-state index contributed by atoms with van der Waals surface area (Å²) in [4.78, 5) is 12.3. The highest BCUT2D eigenvalue weighted by atomic mass is 32.2. The Morgan fingerprint density at radius 3 is 2.52 bits per heavy atom. The average molecular weight is 439 g/mol. The Balaban J connectivity index is 1.62. The molecule has 0 radical (unpaired) electrons. The predicted octanol–water partition coefficient (Wildman–Crippen LogP) is 4.40. The minimum absolute atomic E-state index is 0.128. The summed E-state index contributed by atoms with van der Waals surface area (Å²) in [6, 6.07) is 13.2. The van der Waals surface area contributed by atoms with Crippen LogP contribution in [0.25, 0.3) is 0 Å². The Morgan fingerprint density at radius 2 is 1.87 bits per heavy atom. The number of aromatic nitrogens is 3. The minimum atomic E-state index is -0.128. The number of carbonyl (C=O) groups is 1. The maximum absolute atomic E-state index is 12.3. The van der Waals surface area contributed by atoms with Crippen LogP contribution in [0.5, 0.6) is 11.5 Å². The molecule has 8 heteroatoms. The van der Waals surface area contributed by atoms with Gasteiger partial charge in [-0.15, -0.1) is 16.8 Å². The number of anilines is 1. The smallest absolute Gasteiger partial charge is 0.234 e. The van der Waals surface area contributed by atoms with Gasteiger partial charge in [0.05, 0.1) is 12.9 Å². The number of rotatable bonds is 10. The number of allylic oxidation sites excluding steroid dienone is 1. The van der Waals surface area contributed by atoms with Crippen molar-refractivity contribution in [3.8, 4) is 11.5 Å². The van der Waals surface area contributed by atoms with Gasteiger partial charge in [-0.3, -0.25) is 9.36 Å². The molecule has 0 bridgehead atoms. The summed E-state index contributed by atoms with van der Waals surface area (Å²) >= 11 is 1.32. The van der Waals surface area contributed by atoms with E-state index in [1.165, 1.54) is 11.8 Å². The zero-order valence-electron chi connectivity index (χ0n) is 17.9. The van der Waals surface area contributed by atoms with Crippen molar-refractivity contribution in [1.82, 2.24) is 14.8 Å². The van der Waals surface area contributed by atoms with Crippen molar-refractivity contribution in [3.05, 3.63) is 72.1 Å². The van der Waals surface area contributed by atoms with E-state index in [0.717, 1.165) is 22.6 Å². The number of ether oxygens (including phenoxy) is 2. The van der Waals surface area contributed by atoms with Gasteiger partial charge in [-0.25, -0.2) is 0 Å². The molecule has 0 fully saturated rings. The van der Waals surface area contributed by atoms with Crippen molar-refractivity contribution in [2.75, 3.05) is 18.2 Å². The summed E-state index contributed by atoms with van der Waals surface area (Å²) in [6.45, 7) is 8.65. The fraction of sp³-hybridized carbons (Fsp3) is 0.261. The zero-order valence-corrected chi connectivity index (χ0v) is 18.7. The second-order valence-electron chi connectivity index (χ2n) is 6.87. The summed E-state index contributed by atoms with van der Waals surface area (Å²) in [5.74, 6) is 2.35. The molecule has 0 atom stereocenters. The summed E-state index contributed by atoms with van der Waals surface area (Å²) < 4.78 is 13.1. The topological polar surface area (TPSA) is 78.3 Å². The van der Waals surface area contributed by atoms with Gasteiger partial charge in [0, 0.05) is 12.2 Å². The molecule has 162 valence electrons. The van der Waals surface area contributed by atoms with Crippen molar-refractivity contribution in [2.24, 2.45) is 0 Å². The first-order chi connectivity index (χ1) is 15.0. The van der Waals surface area contributed by atoms with Gasteiger partial charge in [0.1, 0.15) is 18.1 Å². The Morgan fingerprint density at radius 1 is 1.16 bits per heavy atom. The molecule has 1 heterocycles. The molecule has 0 aliphatic heterocycles. The molecule has 1 amide bonds. The van der Waals surface area contributed by atoms with Gasteiger partial charge < -0.3 is 14.8 Å². The second kappa shape index (κ2) is 10.7. The number of aryl methyl sites for hydroxylation is 2. The maximum Gasteiger partial charge on any atom is 0.234 e. The molecule has 31 heavy (non-hydrogen) atoms. The lowest BCUT2D eigenvalue weighted by Crippen LogP contribution is -2.15. The first-order valence-electron chi connectivity index (χ1n) is 9.80. The summed E-state index contributed by atoms with van der Waals surface area (Å²) in [5.41, 5.74) is 2.85. The monoisotopic (exact) mass is 438 g/mol. The third kappa shape index (κ3) is 5.88. The quantitative estimate of drug-likeness (QED) is 0.373. The van der Waals surface area contributed by atoms with Crippen molar-refractivity contribution in [3.63, 3.8) is 0 Å². The van der Waals surface area contributed by atoms with Gasteiger partial charge in [-0.05, 0) is 49.2 Å². The van der Waals surface area contributed by atoms with Gasteiger partial charge in [0.25, 0.3) is 0 Å². The highest BCUT2D eigenvalue weighted by Gasteiger charge is 2.15. The van der Waals surface area contributed by atoms with E-state index in [4.69, 9.17) is 9.47 Å². The fourth-order valence-corrected chi connectivity index (χ4v) is 3.78. The molecular formula is C23H26N4O3S. The molecule has 0 spiro atoms. The lowest BCUT2D eigenvalue weighted by molar-refractivity contribution is -0.113. The van der Waals surface area contributed by atoms with E-state index in [1.807, 2.05) is 36.6 Å². The summed E-state index contributed by atoms with van der Waals surface area (Å²) in [6.07, 6.45) is 1.77. The van der Waals surface area contributed by atoms with Crippen molar-refractivity contribution in [1.29, 1.82) is 0 Å². The average Bonchev–Trinajstić information content (AvgIpc) is 3.14. The lowest BCUT2D eigenvalue weighted by atomic mass is 10.1. The molecule has 1 N–H and O–H groups in total. The first-order valence-corrected chi connectivity index (χ1v) is 10.8. The third-order valence-electron chi connectivity index (χ3n) is 4.57. The van der Waals surface area contributed by atoms with Gasteiger partial charge >= 0.3 is 0 Å². The maximum atomic E-state index is 12.3. The van der Waals surface area contributed by atoms with Crippen molar-refractivity contribution >= 4 is 23.4 Å². The molecule has 3 aromatic rings. The summed E-state index contributed by atoms with van der Waals surface area (Å²) in [7, 11) is 1.60. The zero-order chi connectivity index (χ0) is 22.2. The van der Waals surface area contributed by atoms with Crippen LogP contribution >= 0.6 is 11.8 Å². The van der Waals surface area contributed by atoms with Crippen molar-refractivity contribution < 1.29 is 14.3 Å². The molecule has 0 aliphatic rings. The lowest BCUT2D eigenvalue weighted by Gasteiger charge is -2.12.